The summed E-state index contributed by atoms with van der Waals surface area (Å²) in [5.41, 5.74) is 0. The Balaban J connectivity index is 0.000000810. The molecule has 1 rings (SSSR count). The summed E-state index contributed by atoms with van der Waals surface area (Å²) in [5, 5.41) is 2.58. The molecule has 5 heteroatoms. The maximum absolute atomic E-state index is 4.59. The molecule has 1 heterocycles. The minimum absolute atomic E-state index is 0. The van der Waals surface area contributed by atoms with Crippen molar-refractivity contribution >= 4 is 35.3 Å². The fraction of sp³-hybridized carbons (Fsp3) is 0.200. The average molecular weight is 179 g/mol. The van der Waals surface area contributed by atoms with Gasteiger partial charge in [-0.05, 0) is 0 Å². The molecule has 0 saturated heterocycles. The number of methoxy groups -OCH3 is 1. The molecule has 0 atom stereocenters. The van der Waals surface area contributed by atoms with Gasteiger partial charge in [0.25, 0.3) is 0 Å². The van der Waals surface area contributed by atoms with Crippen molar-refractivity contribution < 1.29 is 4.74 Å². The van der Waals surface area contributed by atoms with E-state index < -0.39 is 0 Å². The van der Waals surface area contributed by atoms with Gasteiger partial charge in [-0.1, -0.05) is 0 Å². The lowest BCUT2D eigenvalue weighted by atomic mass is 11.0. The molecule has 0 aromatic carbocycles. The molecule has 0 radical (unpaired) electrons. The molecule has 0 fully saturated rings. The molecular formula is C5H7ClN2OS. The predicted octanol–water partition coefficient (Wildman–Crippen LogP) is 1.87. The fourth-order valence-corrected chi connectivity index (χ4v) is 0.847. The van der Waals surface area contributed by atoms with Crippen LogP contribution >= 0.6 is 23.7 Å². The monoisotopic (exact) mass is 178 g/mol. The van der Waals surface area contributed by atoms with Gasteiger partial charge in [0, 0.05) is 11.6 Å². The van der Waals surface area contributed by atoms with Crippen LogP contribution in [0.15, 0.2) is 16.6 Å². The number of rotatable bonds is 2. The quantitative estimate of drug-likeness (QED) is 0.512. The molecule has 0 spiro atoms. The first-order valence-electron chi connectivity index (χ1n) is 2.38. The maximum Gasteiger partial charge on any atom is 0.211 e. The number of aliphatic imine (C=N–C) groups is 1. The number of ether oxygens (including phenoxy) is 1. The molecule has 56 valence electrons. The van der Waals surface area contributed by atoms with Crippen LogP contribution in [0, 0.1) is 0 Å². The molecule has 0 aliphatic rings. The molecular weight excluding hydrogens is 172 g/mol. The van der Waals surface area contributed by atoms with Gasteiger partial charge in [0.05, 0.1) is 7.11 Å². The van der Waals surface area contributed by atoms with E-state index in [1.165, 1.54) is 17.7 Å². The lowest BCUT2D eigenvalue weighted by Crippen LogP contribution is -1.72. The Hall–Kier alpha value is -0.610. The summed E-state index contributed by atoms with van der Waals surface area (Å²) in [6.45, 7) is 0. The van der Waals surface area contributed by atoms with E-state index in [2.05, 4.69) is 14.7 Å². The van der Waals surface area contributed by atoms with Gasteiger partial charge >= 0.3 is 0 Å². The van der Waals surface area contributed by atoms with Crippen molar-refractivity contribution in [1.29, 1.82) is 0 Å². The van der Waals surface area contributed by atoms with Gasteiger partial charge in [-0.3, -0.25) is 0 Å². The van der Waals surface area contributed by atoms with Crippen molar-refractivity contribution in [3.63, 3.8) is 0 Å². The summed E-state index contributed by atoms with van der Waals surface area (Å²) in [5.74, 6) is 0. The highest BCUT2D eigenvalue weighted by Gasteiger charge is 1.85. The van der Waals surface area contributed by atoms with Crippen LogP contribution in [0.25, 0.3) is 0 Å². The summed E-state index contributed by atoms with van der Waals surface area (Å²) in [6.07, 6.45) is 3.06. The molecule has 0 amide bonds. The first kappa shape index (κ1) is 9.39. The van der Waals surface area contributed by atoms with Crippen LogP contribution in [0.2, 0.25) is 0 Å². The molecule has 10 heavy (non-hydrogen) atoms. The van der Waals surface area contributed by atoms with Crippen molar-refractivity contribution in [2.45, 2.75) is 0 Å². The highest BCUT2D eigenvalue weighted by Crippen LogP contribution is 2.12. The highest BCUT2D eigenvalue weighted by molar-refractivity contribution is 7.13. The molecule has 1 aromatic rings. The van der Waals surface area contributed by atoms with E-state index in [0.29, 0.717) is 0 Å². The Bertz CT molecular complexity index is 188. The summed E-state index contributed by atoms with van der Waals surface area (Å²) in [4.78, 5) is 7.74. The molecule has 0 aliphatic heterocycles. The summed E-state index contributed by atoms with van der Waals surface area (Å²) >= 11 is 1.47. The first-order valence-corrected chi connectivity index (χ1v) is 3.26. The third-order valence-electron chi connectivity index (χ3n) is 0.688. The van der Waals surface area contributed by atoms with E-state index in [1.54, 1.807) is 13.3 Å². The van der Waals surface area contributed by atoms with Gasteiger partial charge in [-0.2, -0.15) is 4.99 Å². The van der Waals surface area contributed by atoms with E-state index in [-0.39, 0.29) is 12.4 Å². The Kier molecular flexibility index (Phi) is 4.88. The van der Waals surface area contributed by atoms with E-state index in [0.717, 1.165) is 5.13 Å². The summed E-state index contributed by atoms with van der Waals surface area (Å²) < 4.78 is 4.59. The minimum atomic E-state index is 0. The molecule has 3 nitrogen and oxygen atoms in total. The van der Waals surface area contributed by atoms with Gasteiger partial charge in [-0.15, -0.1) is 23.7 Å². The van der Waals surface area contributed by atoms with Crippen LogP contribution in [0.4, 0.5) is 5.13 Å². The van der Waals surface area contributed by atoms with E-state index >= 15 is 0 Å². The zero-order valence-electron chi connectivity index (χ0n) is 5.35. The summed E-state index contributed by atoms with van der Waals surface area (Å²) in [6, 6.07) is 0. The van der Waals surface area contributed by atoms with Crippen molar-refractivity contribution in [3.05, 3.63) is 11.6 Å². The fourth-order valence-electron chi connectivity index (χ4n) is 0.377. The second kappa shape index (κ2) is 5.20. The lowest BCUT2D eigenvalue weighted by Gasteiger charge is -1.81. The molecule has 0 bridgehead atoms. The van der Waals surface area contributed by atoms with Crippen LogP contribution in [0.5, 0.6) is 0 Å². The van der Waals surface area contributed by atoms with Crippen LogP contribution in [0.3, 0.4) is 0 Å². The molecule has 0 aliphatic carbocycles. The third-order valence-corrected chi connectivity index (χ3v) is 1.37. The topological polar surface area (TPSA) is 34.5 Å². The van der Waals surface area contributed by atoms with Gasteiger partial charge < -0.3 is 4.74 Å². The zero-order chi connectivity index (χ0) is 6.53. The smallest absolute Gasteiger partial charge is 0.211 e. The largest absolute Gasteiger partial charge is 0.486 e. The van der Waals surface area contributed by atoms with E-state index in [9.17, 15) is 0 Å². The Morgan fingerprint density at radius 2 is 2.60 bits per heavy atom. The number of halogens is 1. The van der Waals surface area contributed by atoms with Gasteiger partial charge in [0.1, 0.15) is 0 Å². The van der Waals surface area contributed by atoms with Crippen molar-refractivity contribution in [1.82, 2.24) is 4.98 Å². The number of hydrogen-bond acceptors (Lipinski definition) is 4. The summed E-state index contributed by atoms with van der Waals surface area (Å²) in [7, 11) is 1.55. The second-order valence-electron chi connectivity index (χ2n) is 1.28. The van der Waals surface area contributed by atoms with Crippen molar-refractivity contribution in [3.8, 4) is 0 Å². The average Bonchev–Trinajstić information content (AvgIpc) is 2.34. The Morgan fingerprint density at radius 1 is 1.80 bits per heavy atom. The van der Waals surface area contributed by atoms with Gasteiger partial charge in [0.15, 0.2) is 6.40 Å². The zero-order valence-corrected chi connectivity index (χ0v) is 6.98. The van der Waals surface area contributed by atoms with Crippen LogP contribution < -0.4 is 0 Å². The van der Waals surface area contributed by atoms with Crippen LogP contribution in [-0.4, -0.2) is 18.5 Å². The Labute approximate surface area is 69.2 Å². The van der Waals surface area contributed by atoms with Crippen molar-refractivity contribution in [2.24, 2.45) is 4.99 Å². The number of thiazole rings is 1. The first-order chi connectivity index (χ1) is 4.43. The highest BCUT2D eigenvalue weighted by atomic mass is 35.5. The van der Waals surface area contributed by atoms with Crippen LogP contribution in [0.1, 0.15) is 0 Å². The predicted molar refractivity (Wildman–Crippen MR) is 44.5 cm³/mol. The number of hydrogen-bond donors (Lipinski definition) is 0. The Morgan fingerprint density at radius 3 is 3.10 bits per heavy atom. The van der Waals surface area contributed by atoms with Crippen molar-refractivity contribution in [2.75, 3.05) is 7.11 Å². The van der Waals surface area contributed by atoms with Gasteiger partial charge in [-0.25, -0.2) is 4.98 Å². The molecule has 1 aromatic heterocycles. The number of nitrogens with zero attached hydrogens (tertiary/aromatic N) is 2. The molecule has 0 N–H and O–H groups in total. The maximum atomic E-state index is 4.59. The van der Waals surface area contributed by atoms with Crippen LogP contribution in [-0.2, 0) is 4.74 Å². The minimum Gasteiger partial charge on any atom is -0.486 e. The number of aromatic nitrogens is 1. The normalized spacial score (nSPS) is 9.30. The molecule has 0 saturated carbocycles. The van der Waals surface area contributed by atoms with E-state index in [4.69, 9.17) is 0 Å². The second-order valence-corrected chi connectivity index (χ2v) is 2.16. The van der Waals surface area contributed by atoms with Gasteiger partial charge in [0.2, 0.25) is 5.13 Å². The lowest BCUT2D eigenvalue weighted by molar-refractivity contribution is 0.423. The standard InChI is InChI=1S/C5H6N2OS.ClH/c1-8-4-7-5-6-2-3-9-5;/h2-4H,1H3;1H. The SMILES string of the molecule is COC=Nc1nccs1.Cl. The molecule has 0 unspecified atom stereocenters. The van der Waals surface area contributed by atoms with E-state index in [1.807, 2.05) is 5.38 Å². The third kappa shape index (κ3) is 2.80.